The predicted octanol–water partition coefficient (Wildman–Crippen LogP) is 3.49. The number of aromatic nitrogens is 1. The molecule has 84 valence electrons. The number of nitrogens with zero attached hydrogens (tertiary/aromatic N) is 2. The van der Waals surface area contributed by atoms with Gasteiger partial charge in [0.05, 0.1) is 5.02 Å². The van der Waals surface area contributed by atoms with Crippen molar-refractivity contribution in [3.05, 3.63) is 23.1 Å². The van der Waals surface area contributed by atoms with Crippen molar-refractivity contribution in [1.82, 2.24) is 4.98 Å². The van der Waals surface area contributed by atoms with Gasteiger partial charge in [0.2, 0.25) is 0 Å². The zero-order valence-electron chi connectivity index (χ0n) is 8.51. The Labute approximate surface area is 103 Å². The molecule has 0 N–H and O–H groups in total. The van der Waals surface area contributed by atoms with Gasteiger partial charge >= 0.3 is 0 Å². The van der Waals surface area contributed by atoms with Crippen LogP contribution in [0.3, 0.4) is 0 Å². The Balaban J connectivity index is 2.81. The third-order valence-corrected chi connectivity index (χ3v) is 2.80. The van der Waals surface area contributed by atoms with Crippen molar-refractivity contribution >= 4 is 33.3 Å². The quantitative estimate of drug-likeness (QED) is 0.773. The molecular formula is C10H13BrClFN2. The van der Waals surface area contributed by atoms with Gasteiger partial charge in [-0.15, -0.1) is 0 Å². The fourth-order valence-electron chi connectivity index (χ4n) is 1.30. The van der Waals surface area contributed by atoms with E-state index >= 15 is 0 Å². The number of hydrogen-bond donors (Lipinski definition) is 0. The highest BCUT2D eigenvalue weighted by atomic mass is 79.9. The van der Waals surface area contributed by atoms with Gasteiger partial charge in [-0.1, -0.05) is 27.5 Å². The molecule has 1 rings (SSSR count). The molecule has 0 aliphatic heterocycles. The first-order valence-electron chi connectivity index (χ1n) is 4.81. The molecule has 0 bridgehead atoms. The molecule has 0 unspecified atom stereocenters. The molecule has 0 fully saturated rings. The van der Waals surface area contributed by atoms with E-state index in [0.29, 0.717) is 10.8 Å². The van der Waals surface area contributed by atoms with E-state index in [1.54, 1.807) is 0 Å². The summed E-state index contributed by atoms with van der Waals surface area (Å²) in [6.45, 7) is 3.50. The Morgan fingerprint density at radius 3 is 2.87 bits per heavy atom. The standard InChI is InChI=1S/C10H13BrClFN2/c1-2-15(5-3-4-11)10-9(13)6-8(12)7-14-10/h6-7H,2-5H2,1H3. The third kappa shape index (κ3) is 3.61. The van der Waals surface area contributed by atoms with E-state index in [0.717, 1.165) is 24.8 Å². The number of pyridine rings is 1. The molecule has 1 aromatic rings. The van der Waals surface area contributed by atoms with Crippen LogP contribution in [0.25, 0.3) is 0 Å². The lowest BCUT2D eigenvalue weighted by molar-refractivity contribution is 0.609. The summed E-state index contributed by atoms with van der Waals surface area (Å²) in [5.41, 5.74) is 0. The number of anilines is 1. The molecule has 0 aliphatic carbocycles. The molecule has 1 aromatic heterocycles. The second-order valence-electron chi connectivity index (χ2n) is 3.08. The second-order valence-corrected chi connectivity index (χ2v) is 4.31. The molecule has 0 aliphatic rings. The molecule has 2 nitrogen and oxygen atoms in total. The van der Waals surface area contributed by atoms with E-state index in [4.69, 9.17) is 11.6 Å². The summed E-state index contributed by atoms with van der Waals surface area (Å²) in [6.07, 6.45) is 2.42. The van der Waals surface area contributed by atoms with Gasteiger partial charge in [-0.25, -0.2) is 9.37 Å². The first kappa shape index (κ1) is 12.7. The summed E-state index contributed by atoms with van der Waals surface area (Å²) in [5, 5.41) is 1.23. The van der Waals surface area contributed by atoms with E-state index < -0.39 is 0 Å². The molecule has 0 atom stereocenters. The van der Waals surface area contributed by atoms with Crippen LogP contribution >= 0.6 is 27.5 Å². The van der Waals surface area contributed by atoms with Gasteiger partial charge in [0, 0.05) is 24.6 Å². The molecule has 0 spiro atoms. The summed E-state index contributed by atoms with van der Waals surface area (Å²) >= 11 is 8.99. The summed E-state index contributed by atoms with van der Waals surface area (Å²) in [4.78, 5) is 5.90. The van der Waals surface area contributed by atoms with Gasteiger partial charge in [0.1, 0.15) is 0 Å². The number of hydrogen-bond acceptors (Lipinski definition) is 2. The predicted molar refractivity (Wildman–Crippen MR) is 65.5 cm³/mol. The third-order valence-electron chi connectivity index (χ3n) is 2.03. The SMILES string of the molecule is CCN(CCCBr)c1ncc(Cl)cc1F. The molecule has 5 heteroatoms. The van der Waals surface area contributed by atoms with Crippen LogP contribution in [0.15, 0.2) is 12.3 Å². The number of halogens is 3. The van der Waals surface area contributed by atoms with Crippen LogP contribution in [-0.4, -0.2) is 23.4 Å². The summed E-state index contributed by atoms with van der Waals surface area (Å²) < 4.78 is 13.5. The van der Waals surface area contributed by atoms with E-state index in [2.05, 4.69) is 20.9 Å². The minimum atomic E-state index is -0.362. The molecule has 0 saturated carbocycles. The van der Waals surface area contributed by atoms with Crippen LogP contribution in [0.2, 0.25) is 5.02 Å². The van der Waals surface area contributed by atoms with Crippen molar-refractivity contribution in [2.24, 2.45) is 0 Å². The van der Waals surface area contributed by atoms with E-state index in [1.807, 2.05) is 11.8 Å². The second kappa shape index (κ2) is 6.28. The Bertz CT molecular complexity index is 322. The maximum atomic E-state index is 13.5. The van der Waals surface area contributed by atoms with Crippen molar-refractivity contribution in [1.29, 1.82) is 0 Å². The van der Waals surface area contributed by atoms with Crippen LogP contribution in [-0.2, 0) is 0 Å². The lowest BCUT2D eigenvalue weighted by atomic mass is 10.3. The molecule has 0 aromatic carbocycles. The fraction of sp³-hybridized carbons (Fsp3) is 0.500. The van der Waals surface area contributed by atoms with Crippen molar-refractivity contribution < 1.29 is 4.39 Å². The van der Waals surface area contributed by atoms with Gasteiger partial charge in [-0.3, -0.25) is 0 Å². The smallest absolute Gasteiger partial charge is 0.167 e. The van der Waals surface area contributed by atoms with Gasteiger partial charge in [-0.05, 0) is 19.4 Å². The van der Waals surface area contributed by atoms with Crippen molar-refractivity contribution in [2.45, 2.75) is 13.3 Å². The van der Waals surface area contributed by atoms with Crippen molar-refractivity contribution in [3.63, 3.8) is 0 Å². The minimum Gasteiger partial charge on any atom is -0.354 e. The molecule has 0 saturated heterocycles. The number of rotatable bonds is 5. The van der Waals surface area contributed by atoms with Gasteiger partial charge < -0.3 is 4.90 Å². The zero-order chi connectivity index (χ0) is 11.3. The van der Waals surface area contributed by atoms with Gasteiger partial charge in [0.25, 0.3) is 0 Å². The Hall–Kier alpha value is -0.350. The Morgan fingerprint density at radius 1 is 1.60 bits per heavy atom. The van der Waals surface area contributed by atoms with Crippen molar-refractivity contribution in [2.75, 3.05) is 23.3 Å². The van der Waals surface area contributed by atoms with E-state index in [9.17, 15) is 4.39 Å². The highest BCUT2D eigenvalue weighted by molar-refractivity contribution is 9.09. The summed E-state index contributed by atoms with van der Waals surface area (Å²) in [6, 6.07) is 1.29. The Morgan fingerprint density at radius 2 is 2.33 bits per heavy atom. The number of alkyl halides is 1. The first-order valence-corrected chi connectivity index (χ1v) is 6.31. The van der Waals surface area contributed by atoms with Crippen LogP contribution in [0.1, 0.15) is 13.3 Å². The lowest BCUT2D eigenvalue weighted by Gasteiger charge is -2.21. The fourth-order valence-corrected chi connectivity index (χ4v) is 1.70. The van der Waals surface area contributed by atoms with Crippen molar-refractivity contribution in [3.8, 4) is 0 Å². The average Bonchev–Trinajstić information content (AvgIpc) is 2.21. The lowest BCUT2D eigenvalue weighted by Crippen LogP contribution is -2.26. The minimum absolute atomic E-state index is 0.327. The highest BCUT2D eigenvalue weighted by Gasteiger charge is 2.11. The van der Waals surface area contributed by atoms with Crippen LogP contribution in [0, 0.1) is 5.82 Å². The maximum absolute atomic E-state index is 13.5. The topological polar surface area (TPSA) is 16.1 Å². The van der Waals surface area contributed by atoms with Gasteiger partial charge in [0.15, 0.2) is 11.6 Å². The monoisotopic (exact) mass is 294 g/mol. The largest absolute Gasteiger partial charge is 0.354 e. The molecule has 1 heterocycles. The van der Waals surface area contributed by atoms with Crippen LogP contribution < -0.4 is 4.90 Å². The molecule has 0 radical (unpaired) electrons. The normalized spacial score (nSPS) is 10.4. The molecule has 15 heavy (non-hydrogen) atoms. The Kier molecular flexibility index (Phi) is 5.32. The van der Waals surface area contributed by atoms with E-state index in [1.165, 1.54) is 12.3 Å². The molecular weight excluding hydrogens is 282 g/mol. The highest BCUT2D eigenvalue weighted by Crippen LogP contribution is 2.19. The van der Waals surface area contributed by atoms with Crippen LogP contribution in [0.5, 0.6) is 0 Å². The van der Waals surface area contributed by atoms with Gasteiger partial charge in [-0.2, -0.15) is 0 Å². The average molecular weight is 296 g/mol. The molecule has 0 amide bonds. The summed E-state index contributed by atoms with van der Waals surface area (Å²) in [7, 11) is 0. The zero-order valence-corrected chi connectivity index (χ0v) is 10.9. The summed E-state index contributed by atoms with van der Waals surface area (Å²) in [5.74, 6) is 0.0155. The van der Waals surface area contributed by atoms with Crippen LogP contribution in [0.4, 0.5) is 10.2 Å². The van der Waals surface area contributed by atoms with E-state index in [-0.39, 0.29) is 5.82 Å². The maximum Gasteiger partial charge on any atom is 0.167 e. The first-order chi connectivity index (χ1) is 7.19.